The number of thioether (sulfide) groups is 1. The van der Waals surface area contributed by atoms with Crippen LogP contribution < -0.4 is 0 Å². The zero-order valence-electron chi connectivity index (χ0n) is 12.4. The number of alkyl halides is 3. The summed E-state index contributed by atoms with van der Waals surface area (Å²) < 4.78 is 42.3. The van der Waals surface area contributed by atoms with E-state index in [-0.39, 0.29) is 11.2 Å². The number of methoxy groups -OCH3 is 1. The molecule has 1 aromatic carbocycles. The van der Waals surface area contributed by atoms with Crippen molar-refractivity contribution in [2.45, 2.75) is 24.1 Å². The van der Waals surface area contributed by atoms with E-state index in [9.17, 15) is 18.0 Å². The highest BCUT2D eigenvalue weighted by Gasteiger charge is 2.30. The van der Waals surface area contributed by atoms with Crippen LogP contribution in [0, 0.1) is 0 Å². The van der Waals surface area contributed by atoms with Gasteiger partial charge in [-0.3, -0.25) is 4.79 Å². The SMILES string of the molecule is COC(=O)C(C)SCc1csc(-c2ccc(C(F)(F)F)cc2)n1. The summed E-state index contributed by atoms with van der Waals surface area (Å²) in [6.45, 7) is 1.75. The Hall–Kier alpha value is -1.54. The maximum Gasteiger partial charge on any atom is 0.416 e. The third-order valence-electron chi connectivity index (χ3n) is 3.03. The first kappa shape index (κ1) is 17.8. The number of halogens is 3. The Morgan fingerprint density at radius 2 is 2.00 bits per heavy atom. The molecule has 0 fully saturated rings. The summed E-state index contributed by atoms with van der Waals surface area (Å²) in [5.41, 5.74) is 0.742. The molecule has 1 unspecified atom stereocenters. The van der Waals surface area contributed by atoms with Crippen LogP contribution in [0.15, 0.2) is 29.6 Å². The molecule has 1 aromatic heterocycles. The van der Waals surface area contributed by atoms with Gasteiger partial charge in [0, 0.05) is 16.7 Å². The number of esters is 1. The number of aromatic nitrogens is 1. The fraction of sp³-hybridized carbons (Fsp3) is 0.333. The first-order valence-corrected chi connectivity index (χ1v) is 8.55. The molecule has 0 bridgehead atoms. The molecule has 0 amide bonds. The molecule has 0 radical (unpaired) electrons. The van der Waals surface area contributed by atoms with E-state index in [1.165, 1.54) is 42.3 Å². The molecule has 3 nitrogen and oxygen atoms in total. The standard InChI is InChI=1S/C15H14F3NO2S2/c1-9(14(20)21-2)22-7-12-8-23-13(19-12)10-3-5-11(6-4-10)15(16,17)18/h3-6,8-9H,7H2,1-2H3. The molecule has 0 saturated carbocycles. The van der Waals surface area contributed by atoms with Crippen LogP contribution in [-0.4, -0.2) is 23.3 Å². The number of rotatable bonds is 5. The lowest BCUT2D eigenvalue weighted by Crippen LogP contribution is -2.14. The Morgan fingerprint density at radius 1 is 1.35 bits per heavy atom. The zero-order chi connectivity index (χ0) is 17.0. The molecule has 1 heterocycles. The minimum absolute atomic E-state index is 0.295. The van der Waals surface area contributed by atoms with Gasteiger partial charge in [0.15, 0.2) is 0 Å². The van der Waals surface area contributed by atoms with Crippen molar-refractivity contribution in [3.8, 4) is 10.6 Å². The molecule has 0 aliphatic rings. The molecule has 1 atom stereocenters. The van der Waals surface area contributed by atoms with Crippen molar-refractivity contribution >= 4 is 29.1 Å². The molecule has 124 valence electrons. The van der Waals surface area contributed by atoms with Gasteiger partial charge in [-0.25, -0.2) is 4.98 Å². The van der Waals surface area contributed by atoms with Crippen molar-refractivity contribution < 1.29 is 22.7 Å². The summed E-state index contributed by atoms with van der Waals surface area (Å²) in [5, 5.41) is 2.19. The van der Waals surface area contributed by atoms with Gasteiger partial charge in [-0.1, -0.05) is 12.1 Å². The highest BCUT2D eigenvalue weighted by Crippen LogP contribution is 2.32. The minimum atomic E-state index is -4.34. The van der Waals surface area contributed by atoms with Gasteiger partial charge >= 0.3 is 12.1 Å². The smallest absolute Gasteiger partial charge is 0.416 e. The molecule has 2 aromatic rings. The van der Waals surface area contributed by atoms with E-state index in [2.05, 4.69) is 9.72 Å². The summed E-state index contributed by atoms with van der Waals surface area (Å²) in [6, 6.07) is 4.92. The van der Waals surface area contributed by atoms with E-state index in [1.807, 2.05) is 5.38 Å². The van der Waals surface area contributed by atoms with Crippen LogP contribution >= 0.6 is 23.1 Å². The number of hydrogen-bond donors (Lipinski definition) is 0. The lowest BCUT2D eigenvalue weighted by Gasteiger charge is -2.07. The Bertz CT molecular complexity index is 668. The second-order valence-corrected chi connectivity index (χ2v) is 6.88. The van der Waals surface area contributed by atoms with Crippen LogP contribution in [0.25, 0.3) is 10.6 Å². The van der Waals surface area contributed by atoms with Gasteiger partial charge in [0.05, 0.1) is 23.6 Å². The van der Waals surface area contributed by atoms with Gasteiger partial charge in [-0.15, -0.1) is 23.1 Å². The first-order valence-electron chi connectivity index (χ1n) is 6.62. The van der Waals surface area contributed by atoms with E-state index in [0.29, 0.717) is 16.3 Å². The molecule has 23 heavy (non-hydrogen) atoms. The van der Waals surface area contributed by atoms with Gasteiger partial charge in [-0.05, 0) is 19.1 Å². The van der Waals surface area contributed by atoms with Gasteiger partial charge in [-0.2, -0.15) is 13.2 Å². The minimum Gasteiger partial charge on any atom is -0.468 e. The number of hydrogen-bond acceptors (Lipinski definition) is 5. The highest BCUT2D eigenvalue weighted by atomic mass is 32.2. The monoisotopic (exact) mass is 361 g/mol. The summed E-state index contributed by atoms with van der Waals surface area (Å²) in [5.74, 6) is 0.237. The summed E-state index contributed by atoms with van der Waals surface area (Å²) in [4.78, 5) is 15.7. The molecule has 0 aliphatic heterocycles. The number of carbonyl (C=O) groups excluding carboxylic acids is 1. The topological polar surface area (TPSA) is 39.2 Å². The summed E-state index contributed by atoms with van der Waals surface area (Å²) in [6.07, 6.45) is -4.34. The molecular formula is C15H14F3NO2S2. The molecule has 0 N–H and O–H groups in total. The van der Waals surface area contributed by atoms with E-state index < -0.39 is 11.7 Å². The fourth-order valence-corrected chi connectivity index (χ4v) is 3.48. The highest BCUT2D eigenvalue weighted by molar-refractivity contribution is 7.99. The predicted molar refractivity (Wildman–Crippen MR) is 85.3 cm³/mol. The van der Waals surface area contributed by atoms with Crippen LogP contribution in [0.3, 0.4) is 0 Å². The van der Waals surface area contributed by atoms with Gasteiger partial charge < -0.3 is 4.74 Å². The summed E-state index contributed by atoms with van der Waals surface area (Å²) in [7, 11) is 1.34. The van der Waals surface area contributed by atoms with Gasteiger partial charge in [0.1, 0.15) is 5.01 Å². The number of ether oxygens (including phenoxy) is 1. The number of nitrogens with zero attached hydrogens (tertiary/aromatic N) is 1. The van der Waals surface area contributed by atoms with Gasteiger partial charge in [0.2, 0.25) is 0 Å². The normalized spacial score (nSPS) is 12.9. The van der Waals surface area contributed by atoms with Crippen molar-refractivity contribution in [3.05, 3.63) is 40.9 Å². The Morgan fingerprint density at radius 3 is 2.57 bits per heavy atom. The van der Waals surface area contributed by atoms with Crippen LogP contribution in [-0.2, 0) is 21.5 Å². The van der Waals surface area contributed by atoms with E-state index >= 15 is 0 Å². The number of thiazole rings is 1. The largest absolute Gasteiger partial charge is 0.468 e. The Labute approximate surface area is 139 Å². The van der Waals surface area contributed by atoms with Crippen LogP contribution in [0.2, 0.25) is 0 Å². The lowest BCUT2D eigenvalue weighted by atomic mass is 10.1. The molecule has 0 saturated heterocycles. The zero-order valence-corrected chi connectivity index (χ0v) is 14.0. The Kier molecular flexibility index (Phi) is 5.69. The van der Waals surface area contributed by atoms with E-state index in [0.717, 1.165) is 17.8 Å². The maximum atomic E-state index is 12.5. The second-order valence-electron chi connectivity index (χ2n) is 4.70. The quantitative estimate of drug-likeness (QED) is 0.728. The van der Waals surface area contributed by atoms with Crippen molar-refractivity contribution in [2.75, 3.05) is 7.11 Å². The average molecular weight is 361 g/mol. The van der Waals surface area contributed by atoms with Crippen LogP contribution in [0.1, 0.15) is 18.2 Å². The maximum absolute atomic E-state index is 12.5. The van der Waals surface area contributed by atoms with Crippen molar-refractivity contribution in [1.82, 2.24) is 4.98 Å². The van der Waals surface area contributed by atoms with Crippen molar-refractivity contribution in [1.29, 1.82) is 0 Å². The first-order chi connectivity index (χ1) is 10.8. The average Bonchev–Trinajstić information content (AvgIpc) is 3.00. The van der Waals surface area contributed by atoms with Crippen LogP contribution in [0.5, 0.6) is 0 Å². The predicted octanol–water partition coefficient (Wildman–Crippen LogP) is 4.62. The second kappa shape index (κ2) is 7.35. The van der Waals surface area contributed by atoms with Crippen molar-refractivity contribution in [3.63, 3.8) is 0 Å². The molecule has 8 heteroatoms. The molecule has 2 rings (SSSR count). The number of carbonyl (C=O) groups is 1. The third-order valence-corrected chi connectivity index (χ3v) is 5.12. The molecule has 0 aliphatic carbocycles. The third kappa shape index (κ3) is 4.71. The fourth-order valence-electron chi connectivity index (χ4n) is 1.75. The van der Waals surface area contributed by atoms with Gasteiger partial charge in [0.25, 0.3) is 0 Å². The Balaban J connectivity index is 2.03. The van der Waals surface area contributed by atoms with Crippen molar-refractivity contribution in [2.24, 2.45) is 0 Å². The molecular weight excluding hydrogens is 347 g/mol. The number of benzene rings is 1. The van der Waals surface area contributed by atoms with Crippen LogP contribution in [0.4, 0.5) is 13.2 Å². The van der Waals surface area contributed by atoms with E-state index in [4.69, 9.17) is 0 Å². The van der Waals surface area contributed by atoms with E-state index in [1.54, 1.807) is 6.92 Å². The molecule has 0 spiro atoms. The lowest BCUT2D eigenvalue weighted by molar-refractivity contribution is -0.139. The summed E-state index contributed by atoms with van der Waals surface area (Å²) >= 11 is 2.76.